The second kappa shape index (κ2) is 10.4. The molecule has 3 aromatic carbocycles. The molecule has 0 saturated heterocycles. The molecule has 0 bridgehead atoms. The van der Waals surface area contributed by atoms with Gasteiger partial charge in [-0.1, -0.05) is 6.08 Å². The first kappa shape index (κ1) is 22.1. The van der Waals surface area contributed by atoms with Gasteiger partial charge in [-0.25, -0.2) is 4.79 Å². The molecule has 0 atom stereocenters. The number of carbonyl (C=O) groups is 3. The van der Waals surface area contributed by atoms with Crippen LogP contribution in [0.4, 0.5) is 16.2 Å². The van der Waals surface area contributed by atoms with E-state index in [1.165, 1.54) is 0 Å². The fraction of sp³-hybridized carbons (Fsp3) is 0.0417. The van der Waals surface area contributed by atoms with Crippen molar-refractivity contribution in [2.24, 2.45) is 5.73 Å². The van der Waals surface area contributed by atoms with E-state index in [9.17, 15) is 14.4 Å². The molecule has 32 heavy (non-hydrogen) atoms. The van der Waals surface area contributed by atoms with E-state index in [0.29, 0.717) is 40.5 Å². The lowest BCUT2D eigenvalue weighted by atomic mass is 10.2. The number of ether oxygens (including phenoxy) is 1. The first-order valence-corrected chi connectivity index (χ1v) is 9.69. The fourth-order valence-corrected chi connectivity index (χ4v) is 2.68. The number of urea groups is 1. The largest absolute Gasteiger partial charge is 0.457 e. The minimum absolute atomic E-state index is 0.285. The third-order valence-electron chi connectivity index (χ3n) is 4.30. The monoisotopic (exact) mass is 430 g/mol. The molecule has 8 heteroatoms. The average molecular weight is 430 g/mol. The molecule has 0 fully saturated rings. The van der Waals surface area contributed by atoms with Gasteiger partial charge in [-0.3, -0.25) is 9.59 Å². The van der Waals surface area contributed by atoms with Gasteiger partial charge in [0.1, 0.15) is 11.5 Å². The molecule has 0 aliphatic carbocycles. The predicted molar refractivity (Wildman–Crippen MR) is 123 cm³/mol. The summed E-state index contributed by atoms with van der Waals surface area (Å²) in [5.41, 5.74) is 7.24. The molecule has 0 aliphatic rings. The lowest BCUT2D eigenvalue weighted by molar-refractivity contribution is 0.0997. The van der Waals surface area contributed by atoms with Crippen molar-refractivity contribution in [3.8, 4) is 11.5 Å². The van der Waals surface area contributed by atoms with Crippen LogP contribution in [0.3, 0.4) is 0 Å². The number of nitrogens with two attached hydrogens (primary N) is 1. The van der Waals surface area contributed by atoms with Gasteiger partial charge in [-0.2, -0.15) is 0 Å². The lowest BCUT2D eigenvalue weighted by Gasteiger charge is -2.09. The number of benzene rings is 3. The maximum Gasteiger partial charge on any atom is 0.319 e. The highest BCUT2D eigenvalue weighted by Crippen LogP contribution is 2.22. The third kappa shape index (κ3) is 6.20. The maximum absolute atomic E-state index is 12.5. The molecular weight excluding hydrogens is 408 g/mol. The maximum atomic E-state index is 12.5. The number of carbonyl (C=O) groups excluding carboxylic acids is 3. The number of amides is 4. The summed E-state index contributed by atoms with van der Waals surface area (Å²) in [5, 5.41) is 8.08. The minimum atomic E-state index is -0.508. The Labute approximate surface area is 185 Å². The quantitative estimate of drug-likeness (QED) is 0.401. The van der Waals surface area contributed by atoms with Crippen LogP contribution in [-0.2, 0) is 0 Å². The van der Waals surface area contributed by atoms with Gasteiger partial charge in [0.2, 0.25) is 5.91 Å². The van der Waals surface area contributed by atoms with Crippen molar-refractivity contribution < 1.29 is 19.1 Å². The van der Waals surface area contributed by atoms with Gasteiger partial charge in [-0.05, 0) is 72.8 Å². The molecule has 4 amide bonds. The van der Waals surface area contributed by atoms with E-state index in [0.717, 1.165) is 0 Å². The van der Waals surface area contributed by atoms with Crippen molar-refractivity contribution in [2.45, 2.75) is 0 Å². The molecular formula is C24H22N4O4. The van der Waals surface area contributed by atoms with Crippen molar-refractivity contribution in [2.75, 3.05) is 17.2 Å². The smallest absolute Gasteiger partial charge is 0.319 e. The number of primary amides is 1. The number of hydrogen-bond acceptors (Lipinski definition) is 4. The van der Waals surface area contributed by atoms with E-state index < -0.39 is 5.91 Å². The molecule has 5 N–H and O–H groups in total. The van der Waals surface area contributed by atoms with Gasteiger partial charge in [0.05, 0.1) is 0 Å². The van der Waals surface area contributed by atoms with Crippen molar-refractivity contribution >= 4 is 29.2 Å². The molecule has 0 heterocycles. The normalized spacial score (nSPS) is 10.0. The summed E-state index contributed by atoms with van der Waals surface area (Å²) < 4.78 is 5.71. The first-order valence-electron chi connectivity index (χ1n) is 9.69. The van der Waals surface area contributed by atoms with Crippen LogP contribution < -0.4 is 26.4 Å². The molecule has 0 unspecified atom stereocenters. The summed E-state index contributed by atoms with van der Waals surface area (Å²) in [6.07, 6.45) is 1.58. The van der Waals surface area contributed by atoms with E-state index in [1.54, 1.807) is 78.9 Å². The molecule has 0 spiro atoms. The Morgan fingerprint density at radius 3 is 1.78 bits per heavy atom. The molecule has 162 valence electrons. The van der Waals surface area contributed by atoms with Crippen LogP contribution in [0.1, 0.15) is 20.7 Å². The molecule has 3 rings (SSSR count). The molecule has 0 aliphatic heterocycles. The SMILES string of the molecule is C=CCNC(=O)Nc1ccc(NC(=O)c2ccc(Oc3ccc(C(N)=O)cc3)cc2)cc1. The predicted octanol–water partition coefficient (Wildman–Crippen LogP) is 4.14. The summed E-state index contributed by atoms with van der Waals surface area (Å²) >= 11 is 0. The highest BCUT2D eigenvalue weighted by molar-refractivity contribution is 6.04. The van der Waals surface area contributed by atoms with Gasteiger partial charge >= 0.3 is 6.03 Å². The number of hydrogen-bond donors (Lipinski definition) is 4. The summed E-state index contributed by atoms with van der Waals surface area (Å²) in [6, 6.07) is 19.5. The highest BCUT2D eigenvalue weighted by atomic mass is 16.5. The highest BCUT2D eigenvalue weighted by Gasteiger charge is 2.08. The zero-order valence-corrected chi connectivity index (χ0v) is 17.1. The van der Waals surface area contributed by atoms with E-state index in [2.05, 4.69) is 22.5 Å². The van der Waals surface area contributed by atoms with E-state index in [1.807, 2.05) is 0 Å². The fourth-order valence-electron chi connectivity index (χ4n) is 2.68. The zero-order valence-electron chi connectivity index (χ0n) is 17.1. The molecule has 8 nitrogen and oxygen atoms in total. The topological polar surface area (TPSA) is 123 Å². The average Bonchev–Trinajstić information content (AvgIpc) is 2.80. The first-order chi connectivity index (χ1) is 15.4. The molecule has 0 aromatic heterocycles. The molecule has 3 aromatic rings. The summed E-state index contributed by atoms with van der Waals surface area (Å²) in [5.74, 6) is 0.288. The molecule has 0 saturated carbocycles. The van der Waals surface area contributed by atoms with Gasteiger partial charge in [0, 0.05) is 29.0 Å². The Morgan fingerprint density at radius 1 is 0.781 bits per heavy atom. The Balaban J connectivity index is 1.55. The summed E-state index contributed by atoms with van der Waals surface area (Å²) in [7, 11) is 0. The van der Waals surface area contributed by atoms with Gasteiger partial charge in [-0.15, -0.1) is 6.58 Å². The van der Waals surface area contributed by atoms with Crippen LogP contribution >= 0.6 is 0 Å². The van der Waals surface area contributed by atoms with E-state index in [4.69, 9.17) is 10.5 Å². The lowest BCUT2D eigenvalue weighted by Crippen LogP contribution is -2.28. The van der Waals surface area contributed by atoms with E-state index >= 15 is 0 Å². The van der Waals surface area contributed by atoms with Crippen LogP contribution in [-0.4, -0.2) is 24.4 Å². The van der Waals surface area contributed by atoms with Crippen molar-refractivity contribution in [3.05, 3.63) is 96.6 Å². The van der Waals surface area contributed by atoms with Gasteiger partial charge < -0.3 is 26.4 Å². The van der Waals surface area contributed by atoms with Crippen LogP contribution in [0.15, 0.2) is 85.5 Å². The van der Waals surface area contributed by atoms with Crippen LogP contribution in [0.2, 0.25) is 0 Å². The van der Waals surface area contributed by atoms with E-state index in [-0.39, 0.29) is 11.9 Å². The van der Waals surface area contributed by atoms with Crippen molar-refractivity contribution in [1.29, 1.82) is 0 Å². The summed E-state index contributed by atoms with van der Waals surface area (Å²) in [4.78, 5) is 35.2. The van der Waals surface area contributed by atoms with Crippen LogP contribution in [0.5, 0.6) is 11.5 Å². The van der Waals surface area contributed by atoms with Gasteiger partial charge in [0.15, 0.2) is 0 Å². The van der Waals surface area contributed by atoms with Crippen LogP contribution in [0, 0.1) is 0 Å². The zero-order chi connectivity index (χ0) is 22.9. The number of anilines is 2. The second-order valence-corrected chi connectivity index (χ2v) is 6.67. The van der Waals surface area contributed by atoms with Crippen LogP contribution in [0.25, 0.3) is 0 Å². The Hall–Kier alpha value is -4.59. The Bertz CT molecular complexity index is 1110. The Kier molecular flexibility index (Phi) is 7.21. The Morgan fingerprint density at radius 2 is 1.28 bits per heavy atom. The van der Waals surface area contributed by atoms with Crippen molar-refractivity contribution in [3.63, 3.8) is 0 Å². The molecule has 0 radical (unpaired) electrons. The standard InChI is InChI=1S/C24H22N4O4/c1-2-15-26-24(31)28-19-9-7-18(8-10-19)27-23(30)17-5-13-21(14-6-17)32-20-11-3-16(4-12-20)22(25)29/h2-14H,1,15H2,(H2,25,29)(H,27,30)(H2,26,28,31). The minimum Gasteiger partial charge on any atom is -0.457 e. The summed E-state index contributed by atoms with van der Waals surface area (Å²) in [6.45, 7) is 3.90. The number of nitrogens with one attached hydrogen (secondary N) is 3. The van der Waals surface area contributed by atoms with Gasteiger partial charge in [0.25, 0.3) is 5.91 Å². The second-order valence-electron chi connectivity index (χ2n) is 6.67. The third-order valence-corrected chi connectivity index (χ3v) is 4.30. The van der Waals surface area contributed by atoms with Crippen molar-refractivity contribution in [1.82, 2.24) is 5.32 Å². The number of rotatable bonds is 8.